The van der Waals surface area contributed by atoms with E-state index in [0.717, 1.165) is 12.1 Å². The van der Waals surface area contributed by atoms with E-state index in [9.17, 15) is 0 Å². The van der Waals surface area contributed by atoms with Crippen LogP contribution in [0, 0.1) is 6.92 Å². The van der Waals surface area contributed by atoms with Gasteiger partial charge in [-0.3, -0.25) is 5.43 Å². The molecule has 1 aromatic rings. The molecule has 0 bridgehead atoms. The lowest BCUT2D eigenvalue weighted by Crippen LogP contribution is -1.96. The summed E-state index contributed by atoms with van der Waals surface area (Å²) in [5.41, 5.74) is 10.3. The number of hydrogen-bond acceptors (Lipinski definition) is 2. The highest BCUT2D eigenvalue weighted by Gasteiger charge is 2.01. The summed E-state index contributed by atoms with van der Waals surface area (Å²) in [6, 6.07) is 8.22. The standard InChI is InChI=1S/C20H28N2/c1-7-8-17(5)20(18(6)13-15(2)3)14-21-22-19-11-9-16(4)10-12-19/h8-14,22H,7H2,1-6H3/b17-8+,20-18-,21-14+. The lowest BCUT2D eigenvalue weighted by atomic mass is 10.0. The van der Waals surface area contributed by atoms with Gasteiger partial charge in [0.05, 0.1) is 11.9 Å². The quantitative estimate of drug-likeness (QED) is 0.387. The molecule has 0 saturated heterocycles. The van der Waals surface area contributed by atoms with E-state index in [1.165, 1.54) is 27.9 Å². The van der Waals surface area contributed by atoms with Crippen LogP contribution in [0.1, 0.15) is 46.6 Å². The summed E-state index contributed by atoms with van der Waals surface area (Å²) >= 11 is 0. The predicted octanol–water partition coefficient (Wildman–Crippen LogP) is 6.03. The summed E-state index contributed by atoms with van der Waals surface area (Å²) in [5.74, 6) is 0. The fraction of sp³-hybridized carbons (Fsp3) is 0.350. The zero-order chi connectivity index (χ0) is 16.5. The van der Waals surface area contributed by atoms with Gasteiger partial charge in [-0.2, -0.15) is 5.10 Å². The van der Waals surface area contributed by atoms with Crippen molar-refractivity contribution in [2.45, 2.75) is 48.0 Å². The van der Waals surface area contributed by atoms with Crippen molar-refractivity contribution in [1.82, 2.24) is 0 Å². The number of hydrazone groups is 1. The average molecular weight is 296 g/mol. The fourth-order valence-electron chi connectivity index (χ4n) is 2.24. The number of hydrogen-bond donors (Lipinski definition) is 1. The number of aryl methyl sites for hydroxylation is 1. The highest BCUT2D eigenvalue weighted by molar-refractivity contribution is 5.86. The van der Waals surface area contributed by atoms with Crippen LogP contribution in [-0.4, -0.2) is 6.21 Å². The van der Waals surface area contributed by atoms with Crippen molar-refractivity contribution in [3.8, 4) is 0 Å². The third-order valence-electron chi connectivity index (χ3n) is 3.30. The largest absolute Gasteiger partial charge is 0.279 e. The van der Waals surface area contributed by atoms with Gasteiger partial charge in [0.1, 0.15) is 0 Å². The molecular weight excluding hydrogens is 268 g/mol. The normalized spacial score (nSPS) is 13.1. The molecular formula is C20H28N2. The van der Waals surface area contributed by atoms with Gasteiger partial charge in [-0.25, -0.2) is 0 Å². The SMILES string of the molecule is CC/C=C(C)/C(/C=N/Nc1ccc(C)cc1)=C(/C)C=C(C)C. The molecule has 0 aromatic heterocycles. The van der Waals surface area contributed by atoms with Gasteiger partial charge >= 0.3 is 0 Å². The molecule has 22 heavy (non-hydrogen) atoms. The summed E-state index contributed by atoms with van der Waals surface area (Å²) in [5, 5.41) is 4.40. The summed E-state index contributed by atoms with van der Waals surface area (Å²) in [6.45, 7) is 12.7. The molecule has 0 unspecified atom stereocenters. The van der Waals surface area contributed by atoms with Gasteiger partial charge in [0.15, 0.2) is 0 Å². The molecule has 1 rings (SSSR count). The minimum absolute atomic E-state index is 0.998. The van der Waals surface area contributed by atoms with Crippen LogP contribution >= 0.6 is 0 Å². The minimum atomic E-state index is 0.998. The van der Waals surface area contributed by atoms with Crippen molar-refractivity contribution in [3.05, 3.63) is 64.3 Å². The van der Waals surface area contributed by atoms with E-state index in [1.54, 1.807) is 0 Å². The molecule has 0 amide bonds. The second-order valence-electron chi connectivity index (χ2n) is 5.85. The Kier molecular flexibility index (Phi) is 7.38. The molecule has 2 heteroatoms. The van der Waals surface area contributed by atoms with Gasteiger partial charge in [0.2, 0.25) is 0 Å². The molecule has 118 valence electrons. The highest BCUT2D eigenvalue weighted by Crippen LogP contribution is 2.16. The van der Waals surface area contributed by atoms with Crippen LogP contribution in [0.15, 0.2) is 63.8 Å². The average Bonchev–Trinajstić information content (AvgIpc) is 2.44. The minimum Gasteiger partial charge on any atom is -0.279 e. The molecule has 0 aliphatic heterocycles. The molecule has 0 heterocycles. The molecule has 1 aromatic carbocycles. The zero-order valence-electron chi connectivity index (χ0n) is 14.7. The highest BCUT2D eigenvalue weighted by atomic mass is 15.3. The second kappa shape index (κ2) is 9.04. The van der Waals surface area contributed by atoms with Crippen molar-refractivity contribution >= 4 is 11.9 Å². The summed E-state index contributed by atoms with van der Waals surface area (Å²) in [6.07, 6.45) is 7.36. The van der Waals surface area contributed by atoms with Crippen molar-refractivity contribution in [1.29, 1.82) is 0 Å². The summed E-state index contributed by atoms with van der Waals surface area (Å²) < 4.78 is 0. The monoisotopic (exact) mass is 296 g/mol. The smallest absolute Gasteiger partial charge is 0.0561 e. The Hall–Kier alpha value is -2.09. The first-order chi connectivity index (χ1) is 10.4. The first-order valence-electron chi connectivity index (χ1n) is 7.82. The Morgan fingerprint density at radius 3 is 2.27 bits per heavy atom. The first-order valence-corrected chi connectivity index (χ1v) is 7.82. The zero-order valence-corrected chi connectivity index (χ0v) is 14.7. The van der Waals surface area contributed by atoms with E-state index in [2.05, 4.69) is 76.4 Å². The van der Waals surface area contributed by atoms with Gasteiger partial charge in [-0.15, -0.1) is 0 Å². The maximum absolute atomic E-state index is 4.40. The van der Waals surface area contributed by atoms with Gasteiger partial charge in [0.25, 0.3) is 0 Å². The first kappa shape index (κ1) is 18.0. The number of rotatable bonds is 6. The maximum Gasteiger partial charge on any atom is 0.0561 e. The molecule has 0 atom stereocenters. The third kappa shape index (κ3) is 6.13. The van der Waals surface area contributed by atoms with Crippen molar-refractivity contribution < 1.29 is 0 Å². The van der Waals surface area contributed by atoms with E-state index in [0.29, 0.717) is 0 Å². The Balaban J connectivity index is 2.98. The van der Waals surface area contributed by atoms with E-state index in [-0.39, 0.29) is 0 Å². The number of allylic oxidation sites excluding steroid dienone is 6. The van der Waals surface area contributed by atoms with Crippen LogP contribution in [0.25, 0.3) is 0 Å². The number of nitrogens with one attached hydrogen (secondary N) is 1. The van der Waals surface area contributed by atoms with Crippen molar-refractivity contribution in [2.24, 2.45) is 5.10 Å². The number of nitrogens with zero attached hydrogens (tertiary/aromatic N) is 1. The maximum atomic E-state index is 4.40. The topological polar surface area (TPSA) is 24.4 Å². The Morgan fingerprint density at radius 2 is 1.73 bits per heavy atom. The van der Waals surface area contributed by atoms with Crippen molar-refractivity contribution in [3.63, 3.8) is 0 Å². The molecule has 1 N–H and O–H groups in total. The van der Waals surface area contributed by atoms with E-state index >= 15 is 0 Å². The van der Waals surface area contributed by atoms with Crippen LogP contribution in [0.5, 0.6) is 0 Å². The van der Waals surface area contributed by atoms with Crippen LogP contribution in [0.2, 0.25) is 0 Å². The lowest BCUT2D eigenvalue weighted by Gasteiger charge is -2.07. The molecule has 0 saturated carbocycles. The van der Waals surface area contributed by atoms with Crippen molar-refractivity contribution in [2.75, 3.05) is 5.43 Å². The molecule has 0 aliphatic carbocycles. The fourth-order valence-corrected chi connectivity index (χ4v) is 2.24. The molecule has 0 radical (unpaired) electrons. The molecule has 0 spiro atoms. The summed E-state index contributed by atoms with van der Waals surface area (Å²) in [7, 11) is 0. The Morgan fingerprint density at radius 1 is 1.09 bits per heavy atom. The molecule has 0 fully saturated rings. The predicted molar refractivity (Wildman–Crippen MR) is 99.5 cm³/mol. The summed E-state index contributed by atoms with van der Waals surface area (Å²) in [4.78, 5) is 0. The van der Waals surface area contributed by atoms with Gasteiger partial charge in [-0.1, -0.05) is 42.3 Å². The molecule has 2 nitrogen and oxygen atoms in total. The molecule has 0 aliphatic rings. The number of anilines is 1. The van der Waals surface area contributed by atoms with Crippen LogP contribution in [0.3, 0.4) is 0 Å². The third-order valence-corrected chi connectivity index (χ3v) is 3.30. The van der Waals surface area contributed by atoms with Crippen LogP contribution < -0.4 is 5.43 Å². The van der Waals surface area contributed by atoms with Gasteiger partial charge in [-0.05, 0) is 64.3 Å². The van der Waals surface area contributed by atoms with Gasteiger partial charge < -0.3 is 0 Å². The van der Waals surface area contributed by atoms with Crippen LogP contribution in [-0.2, 0) is 0 Å². The van der Waals surface area contributed by atoms with E-state index in [1.807, 2.05) is 18.3 Å². The lowest BCUT2D eigenvalue weighted by molar-refractivity contribution is 1.18. The number of benzene rings is 1. The Labute approximate surface area is 135 Å². The van der Waals surface area contributed by atoms with E-state index < -0.39 is 0 Å². The Bertz CT molecular complexity index is 595. The van der Waals surface area contributed by atoms with E-state index in [4.69, 9.17) is 0 Å². The van der Waals surface area contributed by atoms with Crippen LogP contribution in [0.4, 0.5) is 5.69 Å². The second-order valence-corrected chi connectivity index (χ2v) is 5.85. The van der Waals surface area contributed by atoms with Gasteiger partial charge in [0, 0.05) is 5.57 Å².